The molecule has 118 valence electrons. The SMILES string of the molecule is CSC1(CNC(=O)c2sc(NCC(C)C)nc2N)CCC1. The summed E-state index contributed by atoms with van der Waals surface area (Å²) in [5.74, 6) is 0.728. The molecule has 1 amide bonds. The third-order valence-corrected chi connectivity index (χ3v) is 6.24. The van der Waals surface area contributed by atoms with E-state index in [0.717, 1.165) is 11.7 Å². The fourth-order valence-corrected chi connectivity index (χ4v) is 3.93. The van der Waals surface area contributed by atoms with E-state index in [9.17, 15) is 4.79 Å². The molecule has 1 fully saturated rings. The molecule has 0 aliphatic heterocycles. The van der Waals surface area contributed by atoms with Crippen molar-refractivity contribution in [2.75, 3.05) is 30.4 Å². The van der Waals surface area contributed by atoms with Crippen molar-refractivity contribution in [1.29, 1.82) is 0 Å². The Balaban J connectivity index is 1.92. The second-order valence-corrected chi connectivity index (χ2v) is 8.20. The highest BCUT2D eigenvalue weighted by molar-refractivity contribution is 8.00. The number of nitrogens with two attached hydrogens (primary N) is 1. The third kappa shape index (κ3) is 4.03. The van der Waals surface area contributed by atoms with Gasteiger partial charge in [0.2, 0.25) is 0 Å². The predicted molar refractivity (Wildman–Crippen MR) is 92.3 cm³/mol. The van der Waals surface area contributed by atoms with E-state index in [-0.39, 0.29) is 10.7 Å². The van der Waals surface area contributed by atoms with Gasteiger partial charge in [-0.3, -0.25) is 4.79 Å². The van der Waals surface area contributed by atoms with Gasteiger partial charge in [0.15, 0.2) is 5.13 Å². The first-order valence-electron chi connectivity index (χ1n) is 7.29. The van der Waals surface area contributed by atoms with Gasteiger partial charge in [0, 0.05) is 17.8 Å². The van der Waals surface area contributed by atoms with Crippen LogP contribution in [0.15, 0.2) is 0 Å². The van der Waals surface area contributed by atoms with Gasteiger partial charge in [0.1, 0.15) is 10.7 Å². The lowest BCUT2D eigenvalue weighted by Crippen LogP contribution is -2.45. The Morgan fingerprint density at radius 2 is 2.24 bits per heavy atom. The van der Waals surface area contributed by atoms with Crippen LogP contribution in [0.1, 0.15) is 42.8 Å². The van der Waals surface area contributed by atoms with E-state index in [0.29, 0.717) is 23.2 Å². The van der Waals surface area contributed by atoms with Crippen molar-refractivity contribution in [3.05, 3.63) is 4.88 Å². The molecule has 21 heavy (non-hydrogen) atoms. The normalized spacial score (nSPS) is 16.6. The Morgan fingerprint density at radius 3 is 2.76 bits per heavy atom. The van der Waals surface area contributed by atoms with Crippen molar-refractivity contribution in [3.63, 3.8) is 0 Å². The molecule has 7 heteroatoms. The minimum atomic E-state index is -0.108. The zero-order chi connectivity index (χ0) is 15.5. The van der Waals surface area contributed by atoms with Gasteiger partial charge in [0.25, 0.3) is 5.91 Å². The van der Waals surface area contributed by atoms with Gasteiger partial charge >= 0.3 is 0 Å². The molecule has 2 rings (SSSR count). The number of hydrogen-bond acceptors (Lipinski definition) is 6. The number of hydrogen-bond donors (Lipinski definition) is 3. The molecule has 1 heterocycles. The summed E-state index contributed by atoms with van der Waals surface area (Å²) in [5.41, 5.74) is 5.86. The number of aromatic nitrogens is 1. The fourth-order valence-electron chi connectivity index (χ4n) is 2.21. The zero-order valence-corrected chi connectivity index (χ0v) is 14.5. The maximum absolute atomic E-state index is 12.3. The first-order valence-corrected chi connectivity index (χ1v) is 9.33. The van der Waals surface area contributed by atoms with Crippen molar-refractivity contribution in [2.24, 2.45) is 5.92 Å². The van der Waals surface area contributed by atoms with Gasteiger partial charge in [0.05, 0.1) is 0 Å². The van der Waals surface area contributed by atoms with E-state index in [1.165, 1.54) is 30.6 Å². The van der Waals surface area contributed by atoms with Crippen LogP contribution in [0.5, 0.6) is 0 Å². The van der Waals surface area contributed by atoms with Crippen molar-refractivity contribution >= 4 is 40.0 Å². The number of nitrogens with zero attached hydrogens (tertiary/aromatic N) is 1. The van der Waals surface area contributed by atoms with E-state index in [1.807, 2.05) is 11.8 Å². The molecule has 1 aromatic heterocycles. The number of carbonyl (C=O) groups excluding carboxylic acids is 1. The summed E-state index contributed by atoms with van der Waals surface area (Å²) < 4.78 is 0.230. The lowest BCUT2D eigenvalue weighted by Gasteiger charge is -2.40. The molecule has 4 N–H and O–H groups in total. The van der Waals surface area contributed by atoms with Crippen LogP contribution >= 0.6 is 23.1 Å². The molecule has 1 aliphatic carbocycles. The molecule has 0 saturated heterocycles. The molecule has 1 aromatic rings. The van der Waals surface area contributed by atoms with Crippen LogP contribution in [0.3, 0.4) is 0 Å². The molecule has 1 saturated carbocycles. The molecule has 0 atom stereocenters. The van der Waals surface area contributed by atoms with Crippen molar-refractivity contribution in [3.8, 4) is 0 Å². The van der Waals surface area contributed by atoms with Crippen molar-refractivity contribution < 1.29 is 4.79 Å². The van der Waals surface area contributed by atoms with Crippen molar-refractivity contribution in [1.82, 2.24) is 10.3 Å². The number of amides is 1. The number of carbonyl (C=O) groups is 1. The smallest absolute Gasteiger partial charge is 0.265 e. The van der Waals surface area contributed by atoms with Crippen LogP contribution in [-0.4, -0.2) is 35.0 Å². The minimum absolute atomic E-state index is 0.108. The van der Waals surface area contributed by atoms with Gasteiger partial charge in [-0.1, -0.05) is 31.6 Å². The monoisotopic (exact) mass is 328 g/mol. The number of nitrogens with one attached hydrogen (secondary N) is 2. The van der Waals surface area contributed by atoms with Crippen LogP contribution in [0, 0.1) is 5.92 Å². The standard InChI is InChI=1S/C14H24N4OS2/c1-9(2)7-16-13-18-11(15)10(21-13)12(19)17-8-14(20-3)5-4-6-14/h9H,4-8,15H2,1-3H3,(H,16,18)(H,17,19). The average Bonchev–Trinajstić information content (AvgIpc) is 2.77. The van der Waals surface area contributed by atoms with Crippen LogP contribution in [0.2, 0.25) is 0 Å². The Bertz CT molecular complexity index is 492. The second kappa shape index (κ2) is 6.87. The molecule has 1 aliphatic rings. The molecule has 0 unspecified atom stereocenters. The van der Waals surface area contributed by atoms with E-state index >= 15 is 0 Å². The van der Waals surface area contributed by atoms with Gasteiger partial charge in [-0.25, -0.2) is 4.98 Å². The summed E-state index contributed by atoms with van der Waals surface area (Å²) in [6, 6.07) is 0. The number of nitrogen functional groups attached to an aromatic ring is 1. The summed E-state index contributed by atoms with van der Waals surface area (Å²) in [7, 11) is 0. The lowest BCUT2D eigenvalue weighted by molar-refractivity contribution is 0.0948. The quantitative estimate of drug-likeness (QED) is 0.717. The Labute approximate surface area is 134 Å². The fraction of sp³-hybridized carbons (Fsp3) is 0.714. The summed E-state index contributed by atoms with van der Waals surface area (Å²) in [4.78, 5) is 17.0. The number of thioether (sulfide) groups is 1. The summed E-state index contributed by atoms with van der Waals surface area (Å²) in [5, 5.41) is 6.94. The molecule has 0 bridgehead atoms. The summed E-state index contributed by atoms with van der Waals surface area (Å²) in [6.07, 6.45) is 5.71. The van der Waals surface area contributed by atoms with Crippen LogP contribution in [0.4, 0.5) is 10.9 Å². The zero-order valence-electron chi connectivity index (χ0n) is 12.9. The molecule has 5 nitrogen and oxygen atoms in total. The Hall–Kier alpha value is -0.950. The first kappa shape index (κ1) is 16.4. The van der Waals surface area contributed by atoms with E-state index in [2.05, 4.69) is 35.7 Å². The van der Waals surface area contributed by atoms with Gasteiger partial charge in [-0.2, -0.15) is 11.8 Å². The highest BCUT2D eigenvalue weighted by atomic mass is 32.2. The summed E-state index contributed by atoms with van der Waals surface area (Å²) in [6.45, 7) is 5.78. The van der Waals surface area contributed by atoms with E-state index in [4.69, 9.17) is 5.73 Å². The van der Waals surface area contributed by atoms with Gasteiger partial charge in [-0.05, 0) is 25.0 Å². The second-order valence-electron chi connectivity index (χ2n) is 5.93. The Kier molecular flexibility index (Phi) is 5.37. The van der Waals surface area contributed by atoms with Gasteiger partial charge < -0.3 is 16.4 Å². The van der Waals surface area contributed by atoms with Gasteiger partial charge in [-0.15, -0.1) is 0 Å². The molecular formula is C14H24N4OS2. The van der Waals surface area contributed by atoms with Crippen LogP contribution in [-0.2, 0) is 0 Å². The highest BCUT2D eigenvalue weighted by Gasteiger charge is 2.36. The Morgan fingerprint density at radius 1 is 1.52 bits per heavy atom. The van der Waals surface area contributed by atoms with Crippen molar-refractivity contribution in [2.45, 2.75) is 37.9 Å². The molecule has 0 spiro atoms. The number of anilines is 2. The maximum Gasteiger partial charge on any atom is 0.265 e. The van der Waals surface area contributed by atoms with E-state index < -0.39 is 0 Å². The van der Waals surface area contributed by atoms with Crippen LogP contribution < -0.4 is 16.4 Å². The van der Waals surface area contributed by atoms with E-state index in [1.54, 1.807) is 0 Å². The molecular weight excluding hydrogens is 304 g/mol. The first-order chi connectivity index (χ1) is 9.96. The topological polar surface area (TPSA) is 80.0 Å². The third-order valence-electron chi connectivity index (χ3n) is 3.79. The largest absolute Gasteiger partial charge is 0.382 e. The highest BCUT2D eigenvalue weighted by Crippen LogP contribution is 2.42. The molecule has 0 aromatic carbocycles. The average molecular weight is 329 g/mol. The maximum atomic E-state index is 12.3. The number of rotatable bonds is 7. The van der Waals surface area contributed by atoms with Crippen LogP contribution in [0.25, 0.3) is 0 Å². The molecule has 0 radical (unpaired) electrons. The predicted octanol–water partition coefficient (Wildman–Crippen LogP) is 2.81. The minimum Gasteiger partial charge on any atom is -0.382 e. The summed E-state index contributed by atoms with van der Waals surface area (Å²) >= 11 is 3.17. The lowest BCUT2D eigenvalue weighted by atomic mass is 9.84. The number of thiazole rings is 1.